The average molecular weight is 309 g/mol. The Kier molecular flexibility index (Phi) is 3.68. The molecular weight excluding hydrogens is 302 g/mol. The van der Waals surface area contributed by atoms with Crippen LogP contribution in [-0.4, -0.2) is 20.6 Å². The van der Waals surface area contributed by atoms with Crippen LogP contribution in [0.5, 0.6) is 0 Å². The molecule has 0 radical (unpaired) electrons. The van der Waals surface area contributed by atoms with Crippen LogP contribution < -0.4 is 5.32 Å². The Balaban J connectivity index is 1.83. The van der Waals surface area contributed by atoms with E-state index < -0.39 is 0 Å². The Hall–Kier alpha value is -0.500. The van der Waals surface area contributed by atoms with Gasteiger partial charge in [-0.1, -0.05) is 16.8 Å². The molecule has 5 nitrogen and oxygen atoms in total. The second kappa shape index (κ2) is 5.02. The Morgan fingerprint density at radius 2 is 2.40 bits per heavy atom. The van der Waals surface area contributed by atoms with E-state index >= 15 is 0 Å². The van der Waals surface area contributed by atoms with Gasteiger partial charge in [0, 0.05) is 15.9 Å². The van der Waals surface area contributed by atoms with Crippen LogP contribution in [0, 0.1) is 0 Å². The highest BCUT2D eigenvalue weighted by Crippen LogP contribution is 2.31. The molecule has 8 heteroatoms. The van der Waals surface area contributed by atoms with Gasteiger partial charge >= 0.3 is 0 Å². The Morgan fingerprint density at radius 3 is 3.00 bits per heavy atom. The van der Waals surface area contributed by atoms with Gasteiger partial charge in [-0.3, -0.25) is 0 Å². The number of hydrogen-bond acceptors (Lipinski definition) is 5. The van der Waals surface area contributed by atoms with E-state index in [1.165, 1.54) is 0 Å². The monoisotopic (exact) mass is 307 g/mol. The molecule has 0 fully saturated rings. The summed E-state index contributed by atoms with van der Waals surface area (Å²) in [5, 5.41) is 16.7. The highest BCUT2D eigenvalue weighted by molar-refractivity contribution is 9.10. The van der Waals surface area contributed by atoms with Gasteiger partial charge < -0.3 is 5.32 Å². The molecule has 2 heterocycles. The summed E-state index contributed by atoms with van der Waals surface area (Å²) >= 11 is 10.8. The molecule has 80 valence electrons. The molecule has 0 aliphatic heterocycles. The SMILES string of the molecule is Clc1sc(CNCc2nn[nH]n2)cc1Br. The topological polar surface area (TPSA) is 66.5 Å². The number of nitrogens with zero attached hydrogens (tertiary/aromatic N) is 3. The van der Waals surface area contributed by atoms with E-state index in [0.717, 1.165) is 20.2 Å². The van der Waals surface area contributed by atoms with Crippen molar-refractivity contribution in [1.82, 2.24) is 25.9 Å². The summed E-state index contributed by atoms with van der Waals surface area (Å²) in [6, 6.07) is 2.00. The third-order valence-corrected chi connectivity index (χ3v) is 4.14. The molecule has 2 aromatic rings. The molecule has 0 aliphatic rings. The van der Waals surface area contributed by atoms with Gasteiger partial charge in [0.15, 0.2) is 5.82 Å². The first-order valence-electron chi connectivity index (χ1n) is 4.12. The van der Waals surface area contributed by atoms with Crippen LogP contribution in [0.15, 0.2) is 10.5 Å². The number of rotatable bonds is 4. The van der Waals surface area contributed by atoms with Crippen molar-refractivity contribution in [3.63, 3.8) is 0 Å². The zero-order valence-electron chi connectivity index (χ0n) is 7.50. The minimum Gasteiger partial charge on any atom is -0.305 e. The van der Waals surface area contributed by atoms with Gasteiger partial charge in [-0.15, -0.1) is 21.5 Å². The van der Waals surface area contributed by atoms with E-state index in [9.17, 15) is 0 Å². The number of aromatic nitrogens is 4. The summed E-state index contributed by atoms with van der Waals surface area (Å²) in [5.74, 6) is 0.650. The molecule has 0 bridgehead atoms. The highest BCUT2D eigenvalue weighted by atomic mass is 79.9. The number of thiophene rings is 1. The van der Waals surface area contributed by atoms with Crippen LogP contribution in [0.25, 0.3) is 0 Å². The first kappa shape index (κ1) is 11.0. The third-order valence-electron chi connectivity index (χ3n) is 1.67. The Labute approximate surface area is 103 Å². The van der Waals surface area contributed by atoms with E-state index in [0.29, 0.717) is 12.4 Å². The minimum atomic E-state index is 0.587. The average Bonchev–Trinajstić information content (AvgIpc) is 2.79. The van der Waals surface area contributed by atoms with Crippen molar-refractivity contribution in [2.75, 3.05) is 0 Å². The van der Waals surface area contributed by atoms with Gasteiger partial charge in [-0.2, -0.15) is 5.21 Å². The predicted molar refractivity (Wildman–Crippen MR) is 61.8 cm³/mol. The molecule has 2 N–H and O–H groups in total. The molecule has 0 aliphatic carbocycles. The summed E-state index contributed by atoms with van der Waals surface area (Å²) < 4.78 is 1.71. The standard InChI is InChI=1S/C7H7BrClN5S/c8-5-1-4(15-7(5)9)2-10-3-6-11-13-14-12-6/h1,10H,2-3H2,(H,11,12,13,14). The molecule has 0 aromatic carbocycles. The summed E-state index contributed by atoms with van der Waals surface area (Å²) in [6.07, 6.45) is 0. The van der Waals surface area contributed by atoms with E-state index in [1.54, 1.807) is 11.3 Å². The first-order valence-corrected chi connectivity index (χ1v) is 6.11. The molecule has 0 amide bonds. The lowest BCUT2D eigenvalue weighted by molar-refractivity contribution is 0.669. The van der Waals surface area contributed by atoms with Crippen molar-refractivity contribution in [2.24, 2.45) is 0 Å². The fourth-order valence-corrected chi connectivity index (χ4v) is 2.79. The first-order chi connectivity index (χ1) is 7.25. The van der Waals surface area contributed by atoms with Crippen molar-refractivity contribution in [2.45, 2.75) is 13.1 Å². The number of nitrogens with one attached hydrogen (secondary N) is 2. The van der Waals surface area contributed by atoms with Crippen molar-refractivity contribution in [3.8, 4) is 0 Å². The lowest BCUT2D eigenvalue weighted by Crippen LogP contribution is -2.12. The molecule has 0 atom stereocenters. The summed E-state index contributed by atoms with van der Waals surface area (Å²) in [4.78, 5) is 1.16. The second-order valence-electron chi connectivity index (χ2n) is 2.77. The van der Waals surface area contributed by atoms with Crippen LogP contribution in [0.1, 0.15) is 10.7 Å². The number of tetrazole rings is 1. The number of H-pyrrole nitrogens is 1. The van der Waals surface area contributed by atoms with E-state index in [-0.39, 0.29) is 0 Å². The number of halogens is 2. The third kappa shape index (κ3) is 2.97. The van der Waals surface area contributed by atoms with Crippen LogP contribution >= 0.6 is 38.9 Å². The number of hydrogen-bond donors (Lipinski definition) is 2. The summed E-state index contributed by atoms with van der Waals surface area (Å²) in [6.45, 7) is 1.33. The van der Waals surface area contributed by atoms with Gasteiger partial charge in [-0.05, 0) is 22.0 Å². The zero-order valence-corrected chi connectivity index (χ0v) is 10.7. The van der Waals surface area contributed by atoms with E-state index in [2.05, 4.69) is 41.9 Å². The normalized spacial score (nSPS) is 10.8. The van der Waals surface area contributed by atoms with Crippen molar-refractivity contribution in [1.29, 1.82) is 0 Å². The van der Waals surface area contributed by atoms with Gasteiger partial charge in [0.05, 0.1) is 6.54 Å². The molecule has 15 heavy (non-hydrogen) atoms. The van der Waals surface area contributed by atoms with Crippen LogP contribution in [0.2, 0.25) is 4.34 Å². The zero-order chi connectivity index (χ0) is 10.7. The number of aromatic amines is 1. The summed E-state index contributed by atoms with van der Waals surface area (Å²) in [7, 11) is 0. The van der Waals surface area contributed by atoms with Crippen molar-refractivity contribution < 1.29 is 0 Å². The molecule has 0 spiro atoms. The van der Waals surface area contributed by atoms with Gasteiger partial charge in [0.1, 0.15) is 4.34 Å². The maximum atomic E-state index is 5.91. The van der Waals surface area contributed by atoms with Gasteiger partial charge in [0.2, 0.25) is 0 Å². The molecule has 0 saturated carbocycles. The summed E-state index contributed by atoms with van der Waals surface area (Å²) in [5.41, 5.74) is 0. The lowest BCUT2D eigenvalue weighted by Gasteiger charge is -1.97. The van der Waals surface area contributed by atoms with Gasteiger partial charge in [0.25, 0.3) is 0 Å². The minimum absolute atomic E-state index is 0.587. The largest absolute Gasteiger partial charge is 0.305 e. The quantitative estimate of drug-likeness (QED) is 0.906. The maximum Gasteiger partial charge on any atom is 0.188 e. The van der Waals surface area contributed by atoms with Crippen molar-refractivity contribution >= 4 is 38.9 Å². The smallest absolute Gasteiger partial charge is 0.188 e. The highest BCUT2D eigenvalue weighted by Gasteiger charge is 2.04. The fourth-order valence-electron chi connectivity index (χ4n) is 1.03. The van der Waals surface area contributed by atoms with Crippen LogP contribution in [0.3, 0.4) is 0 Å². The molecule has 2 rings (SSSR count). The fraction of sp³-hybridized carbons (Fsp3) is 0.286. The molecular formula is C7H7BrClN5S. The second-order valence-corrected chi connectivity index (χ2v) is 5.36. The Morgan fingerprint density at radius 1 is 1.53 bits per heavy atom. The molecule has 2 aromatic heterocycles. The maximum absolute atomic E-state index is 5.91. The lowest BCUT2D eigenvalue weighted by atomic mass is 10.4. The van der Waals surface area contributed by atoms with Crippen LogP contribution in [-0.2, 0) is 13.1 Å². The van der Waals surface area contributed by atoms with Crippen LogP contribution in [0.4, 0.5) is 0 Å². The van der Waals surface area contributed by atoms with Gasteiger partial charge in [-0.25, -0.2) is 0 Å². The Bertz CT molecular complexity index is 409. The molecule has 0 saturated heterocycles. The molecule has 0 unspecified atom stereocenters. The van der Waals surface area contributed by atoms with E-state index in [4.69, 9.17) is 11.6 Å². The van der Waals surface area contributed by atoms with E-state index in [1.807, 2.05) is 6.07 Å². The van der Waals surface area contributed by atoms with Crippen molar-refractivity contribution in [3.05, 3.63) is 25.6 Å². The predicted octanol–water partition coefficient (Wildman–Crippen LogP) is 1.97.